The lowest BCUT2D eigenvalue weighted by Gasteiger charge is -2.39. The minimum Gasteiger partial charge on any atom is -0.542 e. The van der Waals surface area contributed by atoms with E-state index in [0.29, 0.717) is 28.1 Å². The number of hydrogen-bond donors (Lipinski definition) is 0. The van der Waals surface area contributed by atoms with Gasteiger partial charge in [0.15, 0.2) is 5.78 Å². The van der Waals surface area contributed by atoms with Gasteiger partial charge in [0, 0.05) is 16.6 Å². The molecule has 0 radical (unpaired) electrons. The molecule has 2 rings (SSSR count). The second-order valence-corrected chi connectivity index (χ2v) is 14.0. The van der Waals surface area contributed by atoms with Gasteiger partial charge < -0.3 is 9.16 Å². The second-order valence-electron chi connectivity index (χ2n) is 8.35. The van der Waals surface area contributed by atoms with E-state index in [-0.39, 0.29) is 5.78 Å². The Bertz CT molecular complexity index is 1000. The molecule has 0 spiro atoms. The van der Waals surface area contributed by atoms with E-state index in [1.807, 2.05) is 24.3 Å². The third-order valence-electron chi connectivity index (χ3n) is 5.53. The molecule has 0 amide bonds. The fourth-order valence-electron chi connectivity index (χ4n) is 3.77. The Labute approximate surface area is 195 Å². The maximum Gasteiger partial charge on any atom is 0.260 e. The highest BCUT2D eigenvalue weighted by atomic mass is 79.9. The van der Waals surface area contributed by atoms with Crippen LogP contribution in [-0.4, -0.2) is 21.2 Å². The lowest BCUT2D eigenvalue weighted by atomic mass is 10.1. The number of methoxy groups -OCH3 is 1. The standard InChI is InChI=1S/C25H30BrNO3Si/c1-17(2)31(18(3)4,30-25-10-9-24(29-6)14-22(25)15-27)16-21-11-20(8-7-19(5)28)12-23(26)13-21/h7-14,17-18H,16H2,1-6H3/b8-7+. The van der Waals surface area contributed by atoms with Crippen molar-refractivity contribution in [3.8, 4) is 17.6 Å². The van der Waals surface area contributed by atoms with Crippen molar-refractivity contribution in [3.63, 3.8) is 0 Å². The molecule has 0 heterocycles. The smallest absolute Gasteiger partial charge is 0.260 e. The maximum absolute atomic E-state index is 11.4. The number of allylic oxidation sites excluding steroid dienone is 1. The van der Waals surface area contributed by atoms with Crippen molar-refractivity contribution in [3.05, 3.63) is 63.6 Å². The number of nitrogens with zero attached hydrogens (tertiary/aromatic N) is 1. The Hall–Kier alpha value is -2.36. The van der Waals surface area contributed by atoms with Crippen LogP contribution < -0.4 is 9.16 Å². The van der Waals surface area contributed by atoms with E-state index in [1.54, 1.807) is 26.2 Å². The fraction of sp³-hybridized carbons (Fsp3) is 0.360. The number of carbonyl (C=O) groups excluding carboxylic acids is 1. The Morgan fingerprint density at radius 1 is 1.16 bits per heavy atom. The lowest BCUT2D eigenvalue weighted by molar-refractivity contribution is -0.112. The van der Waals surface area contributed by atoms with E-state index in [4.69, 9.17) is 9.16 Å². The van der Waals surface area contributed by atoms with Crippen LogP contribution in [0.5, 0.6) is 11.5 Å². The van der Waals surface area contributed by atoms with Crippen LogP contribution in [0.1, 0.15) is 51.3 Å². The summed E-state index contributed by atoms with van der Waals surface area (Å²) in [6, 6.07) is 14.7. The van der Waals surface area contributed by atoms with Crippen molar-refractivity contribution < 1.29 is 14.0 Å². The van der Waals surface area contributed by atoms with Gasteiger partial charge in [0.05, 0.1) is 12.7 Å². The van der Waals surface area contributed by atoms with Crippen LogP contribution in [0.4, 0.5) is 0 Å². The number of hydrogen-bond acceptors (Lipinski definition) is 4. The average Bonchev–Trinajstić information content (AvgIpc) is 2.71. The normalized spacial score (nSPS) is 11.7. The van der Waals surface area contributed by atoms with E-state index in [1.165, 1.54) is 0 Å². The molecule has 6 heteroatoms. The Kier molecular flexibility index (Phi) is 8.66. The summed E-state index contributed by atoms with van der Waals surface area (Å²) in [4.78, 5) is 11.4. The summed E-state index contributed by atoms with van der Waals surface area (Å²) in [5.74, 6) is 1.27. The minimum absolute atomic E-state index is 0.0153. The van der Waals surface area contributed by atoms with Crippen LogP contribution in [0.25, 0.3) is 6.08 Å². The maximum atomic E-state index is 11.4. The van der Waals surface area contributed by atoms with E-state index < -0.39 is 8.32 Å². The Morgan fingerprint density at radius 2 is 1.84 bits per heavy atom. The summed E-state index contributed by atoms with van der Waals surface area (Å²) in [5.41, 5.74) is 3.24. The molecule has 0 fully saturated rings. The molecule has 164 valence electrons. The molecule has 4 nitrogen and oxygen atoms in total. The quantitative estimate of drug-likeness (QED) is 0.279. The highest BCUT2D eigenvalue weighted by Gasteiger charge is 2.44. The van der Waals surface area contributed by atoms with Gasteiger partial charge in [0.1, 0.15) is 17.6 Å². The van der Waals surface area contributed by atoms with Crippen LogP contribution in [0.2, 0.25) is 11.1 Å². The lowest BCUT2D eigenvalue weighted by Crippen LogP contribution is -2.50. The Balaban J connectivity index is 2.51. The minimum atomic E-state index is -2.40. The number of nitriles is 1. The first-order valence-electron chi connectivity index (χ1n) is 10.4. The number of halogens is 1. The van der Waals surface area contributed by atoms with Crippen LogP contribution in [0, 0.1) is 11.3 Å². The molecule has 0 aliphatic carbocycles. The molecule has 0 aromatic heterocycles. The van der Waals surface area contributed by atoms with Gasteiger partial charge in [-0.1, -0.05) is 55.8 Å². The number of benzene rings is 2. The topological polar surface area (TPSA) is 59.3 Å². The number of carbonyl (C=O) groups is 1. The first-order chi connectivity index (χ1) is 14.6. The zero-order valence-electron chi connectivity index (χ0n) is 19.0. The van der Waals surface area contributed by atoms with Crippen molar-refractivity contribution in [1.29, 1.82) is 5.26 Å². The Morgan fingerprint density at radius 3 is 2.39 bits per heavy atom. The molecular weight excluding hydrogens is 470 g/mol. The van der Waals surface area contributed by atoms with Gasteiger partial charge in [-0.3, -0.25) is 4.79 Å². The van der Waals surface area contributed by atoms with Crippen molar-refractivity contribution in [2.75, 3.05) is 7.11 Å². The van der Waals surface area contributed by atoms with Gasteiger partial charge in [0.25, 0.3) is 8.32 Å². The van der Waals surface area contributed by atoms with Gasteiger partial charge in [0.2, 0.25) is 0 Å². The monoisotopic (exact) mass is 499 g/mol. The van der Waals surface area contributed by atoms with E-state index in [2.05, 4.69) is 61.8 Å². The third kappa shape index (κ3) is 6.31. The number of ether oxygens (including phenoxy) is 1. The predicted octanol–water partition coefficient (Wildman–Crippen LogP) is 6.86. The summed E-state index contributed by atoms with van der Waals surface area (Å²) in [6.45, 7) is 10.4. The molecule has 0 atom stereocenters. The van der Waals surface area contributed by atoms with Gasteiger partial charge >= 0.3 is 0 Å². The summed E-state index contributed by atoms with van der Waals surface area (Å²) >= 11 is 3.61. The molecule has 0 bridgehead atoms. The van der Waals surface area contributed by atoms with E-state index >= 15 is 0 Å². The highest BCUT2D eigenvalue weighted by Crippen LogP contribution is 2.39. The summed E-state index contributed by atoms with van der Waals surface area (Å²) < 4.78 is 13.0. The summed E-state index contributed by atoms with van der Waals surface area (Å²) in [6.07, 6.45) is 3.41. The van der Waals surface area contributed by atoms with Gasteiger partial charge in [-0.15, -0.1) is 0 Å². The van der Waals surface area contributed by atoms with Crippen molar-refractivity contribution in [1.82, 2.24) is 0 Å². The third-order valence-corrected chi connectivity index (χ3v) is 11.5. The molecule has 0 unspecified atom stereocenters. The predicted molar refractivity (Wildman–Crippen MR) is 132 cm³/mol. The van der Waals surface area contributed by atoms with E-state index in [0.717, 1.165) is 21.6 Å². The van der Waals surface area contributed by atoms with Gasteiger partial charge in [-0.05, 0) is 59.5 Å². The largest absolute Gasteiger partial charge is 0.542 e. The molecule has 0 aliphatic heterocycles. The van der Waals surface area contributed by atoms with Gasteiger partial charge in [-0.25, -0.2) is 0 Å². The number of ketones is 1. The van der Waals surface area contributed by atoms with Gasteiger partial charge in [-0.2, -0.15) is 5.26 Å². The van der Waals surface area contributed by atoms with E-state index in [9.17, 15) is 10.1 Å². The van der Waals surface area contributed by atoms with Crippen LogP contribution >= 0.6 is 15.9 Å². The first-order valence-corrected chi connectivity index (χ1v) is 13.4. The highest BCUT2D eigenvalue weighted by molar-refractivity contribution is 9.10. The molecule has 2 aromatic rings. The molecule has 0 aliphatic rings. The molecule has 0 N–H and O–H groups in total. The van der Waals surface area contributed by atoms with Crippen LogP contribution in [0.3, 0.4) is 0 Å². The molecule has 0 saturated carbocycles. The van der Waals surface area contributed by atoms with Crippen LogP contribution in [-0.2, 0) is 10.8 Å². The average molecular weight is 501 g/mol. The molecule has 31 heavy (non-hydrogen) atoms. The zero-order chi connectivity index (χ0) is 23.2. The van der Waals surface area contributed by atoms with Crippen molar-refractivity contribution in [2.45, 2.75) is 51.7 Å². The summed E-state index contributed by atoms with van der Waals surface area (Å²) in [5, 5.41) is 9.67. The van der Waals surface area contributed by atoms with Crippen molar-refractivity contribution in [2.24, 2.45) is 0 Å². The summed E-state index contributed by atoms with van der Waals surface area (Å²) in [7, 11) is -0.815. The van der Waals surface area contributed by atoms with Crippen molar-refractivity contribution >= 4 is 36.1 Å². The fourth-order valence-corrected chi connectivity index (χ4v) is 8.45. The zero-order valence-corrected chi connectivity index (χ0v) is 21.6. The first kappa shape index (κ1) is 24.9. The SMILES string of the molecule is COc1ccc(O[Si](Cc2cc(Br)cc(/C=C/C(C)=O)c2)(C(C)C)C(C)C)c(C#N)c1. The second kappa shape index (κ2) is 10.8. The number of rotatable bonds is 9. The molecule has 0 saturated heterocycles. The molecule has 2 aromatic carbocycles. The van der Waals surface area contributed by atoms with Crippen LogP contribution in [0.15, 0.2) is 46.9 Å². The molecular formula is C25H30BrNO3Si.